The first kappa shape index (κ1) is 17.5. The van der Waals surface area contributed by atoms with E-state index < -0.39 is 0 Å². The van der Waals surface area contributed by atoms with Crippen molar-refractivity contribution in [2.75, 3.05) is 19.0 Å². The van der Waals surface area contributed by atoms with Crippen molar-refractivity contribution >= 4 is 21.9 Å². The molecule has 2 rings (SSSR count). The molecule has 1 aromatic carbocycles. The van der Waals surface area contributed by atoms with Crippen LogP contribution in [0.5, 0.6) is 11.5 Å². The lowest BCUT2D eigenvalue weighted by molar-refractivity contribution is 0.310. The number of hydrogen-bond acceptors (Lipinski definition) is 6. The highest BCUT2D eigenvalue weighted by Gasteiger charge is 2.11. The summed E-state index contributed by atoms with van der Waals surface area (Å²) in [6, 6.07) is 3.86. The van der Waals surface area contributed by atoms with Gasteiger partial charge in [0.2, 0.25) is 5.95 Å². The van der Waals surface area contributed by atoms with E-state index in [1.165, 1.54) is 0 Å². The van der Waals surface area contributed by atoms with E-state index in [9.17, 15) is 0 Å². The Morgan fingerprint density at radius 2 is 2.09 bits per heavy atom. The molecule has 7 nitrogen and oxygen atoms in total. The maximum absolute atomic E-state index is 5.57. The van der Waals surface area contributed by atoms with Crippen LogP contribution in [0.1, 0.15) is 32.3 Å². The average Bonchev–Trinajstić information content (AvgIpc) is 3.00. The minimum Gasteiger partial charge on any atom is -0.493 e. The normalized spacial score (nSPS) is 10.6. The fraction of sp³-hybridized carbons (Fsp3) is 0.533. The molecule has 0 radical (unpaired) electrons. The van der Waals surface area contributed by atoms with Gasteiger partial charge < -0.3 is 14.8 Å². The number of nitrogens with zero attached hydrogens (tertiary/aromatic N) is 4. The van der Waals surface area contributed by atoms with Crippen LogP contribution >= 0.6 is 15.9 Å². The van der Waals surface area contributed by atoms with Gasteiger partial charge in [0.05, 0.1) is 13.7 Å². The standard InChI is InChI=1S/C15H22BrN5O2/c1-4-6-7-21-15(18-19-20-21)17-10-11-8-13(22-3)14(23-5-2)9-12(11)16/h8-9H,4-7,10H2,1-3H3,(H,17,18,20). The van der Waals surface area contributed by atoms with Gasteiger partial charge in [-0.2, -0.15) is 0 Å². The van der Waals surface area contributed by atoms with Gasteiger partial charge in [-0.25, -0.2) is 4.68 Å². The number of benzene rings is 1. The molecule has 0 saturated heterocycles. The van der Waals surface area contributed by atoms with Crippen LogP contribution in [0.15, 0.2) is 16.6 Å². The summed E-state index contributed by atoms with van der Waals surface area (Å²) in [6.45, 7) is 6.06. The molecule has 0 aliphatic heterocycles. The molecule has 0 spiro atoms. The lowest BCUT2D eigenvalue weighted by Crippen LogP contribution is -2.09. The van der Waals surface area contributed by atoms with Gasteiger partial charge in [0.1, 0.15) is 0 Å². The minimum absolute atomic E-state index is 0.579. The van der Waals surface area contributed by atoms with Crippen molar-refractivity contribution in [2.45, 2.75) is 39.8 Å². The van der Waals surface area contributed by atoms with Crippen molar-refractivity contribution in [3.63, 3.8) is 0 Å². The number of tetrazole rings is 1. The smallest absolute Gasteiger partial charge is 0.243 e. The molecule has 8 heteroatoms. The third kappa shape index (κ3) is 4.57. The average molecular weight is 384 g/mol. The molecule has 126 valence electrons. The Morgan fingerprint density at radius 3 is 2.78 bits per heavy atom. The molecule has 2 aromatic rings. The number of halogens is 1. The summed E-state index contributed by atoms with van der Waals surface area (Å²) < 4.78 is 13.7. The highest BCUT2D eigenvalue weighted by Crippen LogP contribution is 2.33. The topological polar surface area (TPSA) is 74.1 Å². The lowest BCUT2D eigenvalue weighted by atomic mass is 10.2. The molecule has 1 aromatic heterocycles. The van der Waals surface area contributed by atoms with E-state index in [2.05, 4.69) is 43.7 Å². The van der Waals surface area contributed by atoms with Crippen molar-refractivity contribution in [2.24, 2.45) is 0 Å². The summed E-state index contributed by atoms with van der Waals surface area (Å²) in [4.78, 5) is 0. The third-order valence-electron chi connectivity index (χ3n) is 3.32. The number of anilines is 1. The number of hydrogen-bond donors (Lipinski definition) is 1. The SMILES string of the molecule is CCCCn1nnnc1NCc1cc(OC)c(OCC)cc1Br. The van der Waals surface area contributed by atoms with Crippen molar-refractivity contribution in [1.82, 2.24) is 20.2 Å². The summed E-state index contributed by atoms with van der Waals surface area (Å²) in [5.74, 6) is 2.09. The molecule has 0 aliphatic rings. The molecule has 0 fully saturated rings. The number of rotatable bonds is 9. The molecule has 0 atom stereocenters. The molecule has 1 heterocycles. The Morgan fingerprint density at radius 1 is 1.26 bits per heavy atom. The van der Waals surface area contributed by atoms with Gasteiger partial charge in [-0.3, -0.25) is 0 Å². The molecule has 1 N–H and O–H groups in total. The summed E-state index contributed by atoms with van der Waals surface area (Å²) >= 11 is 3.57. The van der Waals surface area contributed by atoms with Gasteiger partial charge in [-0.1, -0.05) is 34.4 Å². The first-order chi connectivity index (χ1) is 11.2. The van der Waals surface area contributed by atoms with E-state index in [1.807, 2.05) is 19.1 Å². The summed E-state index contributed by atoms with van der Waals surface area (Å²) in [5.41, 5.74) is 1.04. The van der Waals surface area contributed by atoms with Gasteiger partial charge in [0.25, 0.3) is 0 Å². The first-order valence-corrected chi connectivity index (χ1v) is 8.48. The lowest BCUT2D eigenvalue weighted by Gasteiger charge is -2.13. The molecule has 0 aliphatic carbocycles. The molecular weight excluding hydrogens is 362 g/mol. The van der Waals surface area contributed by atoms with Crippen LogP contribution in [0.2, 0.25) is 0 Å². The van der Waals surface area contributed by atoms with Crippen LogP contribution < -0.4 is 14.8 Å². The number of methoxy groups -OCH3 is 1. The van der Waals surface area contributed by atoms with E-state index in [1.54, 1.807) is 11.8 Å². The largest absolute Gasteiger partial charge is 0.493 e. The van der Waals surface area contributed by atoms with Crippen molar-refractivity contribution < 1.29 is 9.47 Å². The molecule has 0 amide bonds. The maximum Gasteiger partial charge on any atom is 0.243 e. The van der Waals surface area contributed by atoms with Gasteiger partial charge in [0.15, 0.2) is 11.5 Å². The van der Waals surface area contributed by atoms with Gasteiger partial charge in [-0.15, -0.1) is 0 Å². The maximum atomic E-state index is 5.57. The second kappa shape index (κ2) is 8.71. The van der Waals surface area contributed by atoms with Gasteiger partial charge in [0, 0.05) is 17.6 Å². The van der Waals surface area contributed by atoms with Crippen molar-refractivity contribution in [3.05, 3.63) is 22.2 Å². The number of aryl methyl sites for hydroxylation is 1. The monoisotopic (exact) mass is 383 g/mol. The molecule has 0 unspecified atom stereocenters. The predicted molar refractivity (Wildman–Crippen MR) is 91.9 cm³/mol. The van der Waals surface area contributed by atoms with Gasteiger partial charge >= 0.3 is 0 Å². The van der Waals surface area contributed by atoms with E-state index in [0.29, 0.717) is 24.8 Å². The number of unbranched alkanes of at least 4 members (excludes halogenated alkanes) is 1. The van der Waals surface area contributed by atoms with E-state index in [-0.39, 0.29) is 0 Å². The van der Waals surface area contributed by atoms with E-state index >= 15 is 0 Å². The first-order valence-electron chi connectivity index (χ1n) is 7.68. The van der Waals surface area contributed by atoms with E-state index in [4.69, 9.17) is 9.47 Å². The van der Waals surface area contributed by atoms with Crippen LogP contribution in [0.4, 0.5) is 5.95 Å². The Kier molecular flexibility index (Phi) is 6.64. The Balaban J connectivity index is 2.10. The summed E-state index contributed by atoms with van der Waals surface area (Å²) in [5, 5.41) is 15.0. The number of nitrogens with one attached hydrogen (secondary N) is 1. The third-order valence-corrected chi connectivity index (χ3v) is 4.06. The Hall–Kier alpha value is -1.83. The molecular formula is C15H22BrN5O2. The Bertz CT molecular complexity index is 632. The summed E-state index contributed by atoms with van der Waals surface area (Å²) in [7, 11) is 1.63. The van der Waals surface area contributed by atoms with E-state index in [0.717, 1.165) is 35.2 Å². The van der Waals surface area contributed by atoms with Crippen LogP contribution in [0, 0.1) is 0 Å². The minimum atomic E-state index is 0.579. The Labute approximate surface area is 144 Å². The van der Waals surface area contributed by atoms with Crippen molar-refractivity contribution in [3.8, 4) is 11.5 Å². The number of ether oxygens (including phenoxy) is 2. The second-order valence-electron chi connectivity index (χ2n) is 4.96. The quantitative estimate of drug-likeness (QED) is 0.716. The zero-order valence-corrected chi connectivity index (χ0v) is 15.3. The fourth-order valence-electron chi connectivity index (χ4n) is 2.10. The predicted octanol–water partition coefficient (Wildman–Crippen LogP) is 3.26. The van der Waals surface area contributed by atoms with Crippen LogP contribution in [-0.2, 0) is 13.1 Å². The highest BCUT2D eigenvalue weighted by molar-refractivity contribution is 9.10. The van der Waals surface area contributed by atoms with Gasteiger partial charge in [-0.05, 0) is 41.5 Å². The fourth-order valence-corrected chi connectivity index (χ4v) is 2.57. The highest BCUT2D eigenvalue weighted by atomic mass is 79.9. The number of aromatic nitrogens is 4. The molecule has 0 bridgehead atoms. The zero-order chi connectivity index (χ0) is 16.7. The van der Waals surface area contributed by atoms with Crippen LogP contribution in [-0.4, -0.2) is 33.9 Å². The second-order valence-corrected chi connectivity index (χ2v) is 5.81. The molecule has 23 heavy (non-hydrogen) atoms. The summed E-state index contributed by atoms with van der Waals surface area (Å²) in [6.07, 6.45) is 2.14. The van der Waals surface area contributed by atoms with Crippen LogP contribution in [0.25, 0.3) is 0 Å². The molecule has 0 saturated carbocycles. The van der Waals surface area contributed by atoms with Crippen molar-refractivity contribution in [1.29, 1.82) is 0 Å². The zero-order valence-electron chi connectivity index (χ0n) is 13.7. The van der Waals surface area contributed by atoms with Crippen LogP contribution in [0.3, 0.4) is 0 Å².